The fourth-order valence-electron chi connectivity index (χ4n) is 3.09. The Bertz CT molecular complexity index is 716. The molecule has 1 unspecified atom stereocenters. The Morgan fingerprint density at radius 3 is 2.71 bits per heavy atom. The summed E-state index contributed by atoms with van der Waals surface area (Å²) in [6.07, 6.45) is 0.259. The zero-order chi connectivity index (χ0) is 14.6. The maximum atomic E-state index is 12.9. The van der Waals surface area contributed by atoms with Crippen molar-refractivity contribution >= 4 is 27.5 Å². The van der Waals surface area contributed by atoms with Crippen molar-refractivity contribution in [3.05, 3.63) is 64.1 Å². The maximum absolute atomic E-state index is 12.9. The molecule has 1 amide bonds. The average Bonchev–Trinajstić information content (AvgIpc) is 3.29. The van der Waals surface area contributed by atoms with Gasteiger partial charge in [-0.15, -0.1) is 0 Å². The lowest BCUT2D eigenvalue weighted by molar-refractivity contribution is 0.0973. The molecule has 2 aliphatic rings. The smallest absolute Gasteiger partial charge is 0.258 e. The topological polar surface area (TPSA) is 32.8 Å². The minimum Gasteiger partial charge on any atom is -0.362 e. The van der Waals surface area contributed by atoms with Gasteiger partial charge < -0.3 is 9.64 Å². The van der Waals surface area contributed by atoms with Crippen LogP contribution in [0, 0.1) is 0 Å². The van der Waals surface area contributed by atoms with Crippen LogP contribution in [0.25, 0.3) is 0 Å². The van der Waals surface area contributed by atoms with Gasteiger partial charge in [-0.1, -0.05) is 40.2 Å². The van der Waals surface area contributed by atoms with E-state index in [2.05, 4.69) is 22.9 Å². The van der Waals surface area contributed by atoms with E-state index in [1.165, 1.54) is 0 Å². The number of benzene rings is 2. The van der Waals surface area contributed by atoms with E-state index < -0.39 is 0 Å². The predicted octanol–water partition coefficient (Wildman–Crippen LogP) is 3.94. The average molecular weight is 344 g/mol. The Morgan fingerprint density at radius 2 is 1.95 bits per heavy atom. The minimum absolute atomic E-state index is 0.0244. The number of anilines is 1. The number of carbonyl (C=O) groups excluding carboxylic acids is 1. The molecule has 0 radical (unpaired) electrons. The normalized spacial score (nSPS) is 26.0. The van der Waals surface area contributed by atoms with Crippen molar-refractivity contribution < 1.29 is 9.53 Å². The molecule has 2 aromatic rings. The summed E-state index contributed by atoms with van der Waals surface area (Å²) in [7, 11) is 0. The van der Waals surface area contributed by atoms with Crippen LogP contribution >= 0.6 is 15.9 Å². The number of halogens is 1. The molecule has 1 saturated heterocycles. The van der Waals surface area contributed by atoms with Gasteiger partial charge >= 0.3 is 0 Å². The highest BCUT2D eigenvalue weighted by molar-refractivity contribution is 9.10. The molecule has 21 heavy (non-hydrogen) atoms. The molecular formula is C17H14BrNO2. The Balaban J connectivity index is 1.82. The van der Waals surface area contributed by atoms with Gasteiger partial charge in [0.05, 0.1) is 11.7 Å². The number of hydrogen-bond donors (Lipinski definition) is 0. The van der Waals surface area contributed by atoms with Crippen LogP contribution in [0.4, 0.5) is 5.69 Å². The first-order valence-corrected chi connectivity index (χ1v) is 7.79. The Hall–Kier alpha value is -1.65. The summed E-state index contributed by atoms with van der Waals surface area (Å²) < 4.78 is 6.73. The van der Waals surface area contributed by atoms with Crippen molar-refractivity contribution in [3.8, 4) is 0 Å². The molecular weight excluding hydrogens is 330 g/mol. The lowest BCUT2D eigenvalue weighted by Gasteiger charge is -2.33. The van der Waals surface area contributed by atoms with Crippen molar-refractivity contribution in [1.29, 1.82) is 0 Å². The second kappa shape index (κ2) is 4.68. The molecule has 4 heteroatoms. The van der Waals surface area contributed by atoms with Crippen LogP contribution in [0.1, 0.15) is 28.9 Å². The SMILES string of the molecule is C[C@@H]1[C@H]2OC2c2ccc(Br)cc2N1C(=O)c1ccccc1. The Morgan fingerprint density at radius 1 is 1.19 bits per heavy atom. The van der Waals surface area contributed by atoms with E-state index in [1.807, 2.05) is 53.4 Å². The molecule has 0 spiro atoms. The van der Waals surface area contributed by atoms with E-state index in [9.17, 15) is 4.79 Å². The number of fused-ring (bicyclic) bond motifs is 3. The van der Waals surface area contributed by atoms with Gasteiger partial charge in [0, 0.05) is 15.6 Å². The maximum Gasteiger partial charge on any atom is 0.258 e. The van der Waals surface area contributed by atoms with E-state index >= 15 is 0 Å². The molecule has 0 saturated carbocycles. The molecule has 2 aromatic carbocycles. The monoisotopic (exact) mass is 343 g/mol. The van der Waals surface area contributed by atoms with Crippen molar-refractivity contribution in [2.24, 2.45) is 0 Å². The Kier molecular flexibility index (Phi) is 2.91. The summed E-state index contributed by atoms with van der Waals surface area (Å²) in [6, 6.07) is 15.5. The van der Waals surface area contributed by atoms with Crippen LogP contribution in [0.3, 0.4) is 0 Å². The number of epoxide rings is 1. The first-order chi connectivity index (χ1) is 10.2. The summed E-state index contributed by atoms with van der Waals surface area (Å²) in [5.41, 5.74) is 2.75. The van der Waals surface area contributed by atoms with Gasteiger partial charge in [0.25, 0.3) is 5.91 Å². The molecule has 3 nitrogen and oxygen atoms in total. The molecule has 0 bridgehead atoms. The summed E-state index contributed by atoms with van der Waals surface area (Å²) in [5, 5.41) is 0. The number of carbonyl (C=O) groups is 1. The van der Waals surface area contributed by atoms with Gasteiger partial charge in [-0.2, -0.15) is 0 Å². The third kappa shape index (κ3) is 2.01. The highest BCUT2D eigenvalue weighted by Gasteiger charge is 2.53. The van der Waals surface area contributed by atoms with Gasteiger partial charge in [0.1, 0.15) is 12.2 Å². The predicted molar refractivity (Wildman–Crippen MR) is 84.5 cm³/mol. The van der Waals surface area contributed by atoms with Gasteiger partial charge in [-0.05, 0) is 31.2 Å². The largest absolute Gasteiger partial charge is 0.362 e. The zero-order valence-electron chi connectivity index (χ0n) is 11.5. The van der Waals surface area contributed by atoms with E-state index in [0.29, 0.717) is 5.56 Å². The fraction of sp³-hybridized carbons (Fsp3) is 0.235. The summed E-state index contributed by atoms with van der Waals surface area (Å²) in [5.74, 6) is 0.0244. The van der Waals surface area contributed by atoms with Crippen LogP contribution < -0.4 is 4.90 Å². The number of amides is 1. The molecule has 2 aliphatic heterocycles. The molecule has 0 aromatic heterocycles. The summed E-state index contributed by atoms with van der Waals surface area (Å²) in [4.78, 5) is 14.8. The van der Waals surface area contributed by atoms with E-state index in [0.717, 1.165) is 15.7 Å². The molecule has 4 rings (SSSR count). The Labute approximate surface area is 131 Å². The van der Waals surface area contributed by atoms with Crippen LogP contribution in [0.2, 0.25) is 0 Å². The fourth-order valence-corrected chi connectivity index (χ4v) is 3.44. The summed E-state index contributed by atoms with van der Waals surface area (Å²) >= 11 is 3.50. The van der Waals surface area contributed by atoms with Crippen LogP contribution in [0.15, 0.2) is 53.0 Å². The van der Waals surface area contributed by atoms with Crippen LogP contribution in [0.5, 0.6) is 0 Å². The number of ether oxygens (including phenoxy) is 1. The third-order valence-corrected chi connectivity index (χ3v) is 4.70. The van der Waals surface area contributed by atoms with Crippen molar-refractivity contribution in [2.45, 2.75) is 25.2 Å². The molecule has 0 N–H and O–H groups in total. The second-order valence-electron chi connectivity index (χ2n) is 5.51. The van der Waals surface area contributed by atoms with Gasteiger partial charge in [-0.3, -0.25) is 4.79 Å². The summed E-state index contributed by atoms with van der Waals surface area (Å²) in [6.45, 7) is 2.05. The first-order valence-electron chi connectivity index (χ1n) is 7.00. The highest BCUT2D eigenvalue weighted by atomic mass is 79.9. The highest BCUT2D eigenvalue weighted by Crippen LogP contribution is 2.51. The molecule has 0 aliphatic carbocycles. The lowest BCUT2D eigenvalue weighted by atomic mass is 9.96. The van der Waals surface area contributed by atoms with Crippen LogP contribution in [-0.4, -0.2) is 18.1 Å². The molecule has 106 valence electrons. The van der Waals surface area contributed by atoms with Gasteiger partial charge in [0.15, 0.2) is 0 Å². The van der Waals surface area contributed by atoms with Crippen molar-refractivity contribution in [2.75, 3.05) is 4.90 Å². The second-order valence-corrected chi connectivity index (χ2v) is 6.42. The van der Waals surface area contributed by atoms with Crippen LogP contribution in [-0.2, 0) is 4.74 Å². The molecule has 3 atom stereocenters. The van der Waals surface area contributed by atoms with Crippen molar-refractivity contribution in [1.82, 2.24) is 0 Å². The minimum atomic E-state index is 0.0244. The van der Waals surface area contributed by atoms with E-state index in [-0.39, 0.29) is 24.2 Å². The zero-order valence-corrected chi connectivity index (χ0v) is 13.1. The van der Waals surface area contributed by atoms with Gasteiger partial charge in [-0.25, -0.2) is 0 Å². The molecule has 1 fully saturated rings. The van der Waals surface area contributed by atoms with Gasteiger partial charge in [0.2, 0.25) is 0 Å². The van der Waals surface area contributed by atoms with E-state index in [4.69, 9.17) is 4.74 Å². The number of hydrogen-bond acceptors (Lipinski definition) is 2. The first kappa shape index (κ1) is 13.0. The number of nitrogens with zero attached hydrogens (tertiary/aromatic N) is 1. The molecule has 2 heterocycles. The third-order valence-electron chi connectivity index (χ3n) is 4.21. The number of rotatable bonds is 1. The lowest BCUT2D eigenvalue weighted by Crippen LogP contribution is -2.44. The quantitative estimate of drug-likeness (QED) is 0.734. The standard InChI is InChI=1S/C17H14BrNO2/c1-10-15-16(21-15)13-8-7-12(18)9-14(13)19(10)17(20)11-5-3-2-4-6-11/h2-10,15-16H,1H3/t10-,15-,16?/m1/s1. The van der Waals surface area contributed by atoms with E-state index in [1.54, 1.807) is 0 Å². The van der Waals surface area contributed by atoms with Crippen molar-refractivity contribution in [3.63, 3.8) is 0 Å².